The Hall–Kier alpha value is -2.34. The van der Waals surface area contributed by atoms with Crippen molar-refractivity contribution in [3.05, 3.63) is 41.8 Å². The monoisotopic (exact) mass is 383 g/mol. The average Bonchev–Trinajstić information content (AvgIpc) is 3.20. The highest BCUT2D eigenvalue weighted by Gasteiger charge is 2.20. The number of aliphatic imine (C=N–C) groups is 1. The molecule has 1 aliphatic heterocycles. The van der Waals surface area contributed by atoms with Gasteiger partial charge in [-0.2, -0.15) is 0 Å². The minimum atomic E-state index is 0.580. The van der Waals surface area contributed by atoms with Crippen LogP contribution in [-0.2, 0) is 6.54 Å². The zero-order valence-electron chi connectivity index (χ0n) is 17.4. The molecule has 0 aliphatic carbocycles. The molecule has 152 valence electrons. The van der Waals surface area contributed by atoms with Crippen molar-refractivity contribution in [2.45, 2.75) is 52.1 Å². The maximum absolute atomic E-state index is 5.62. The molecule has 1 aliphatic rings. The van der Waals surface area contributed by atoms with Gasteiger partial charge in [-0.3, -0.25) is 9.89 Å². The first kappa shape index (κ1) is 20.4. The van der Waals surface area contributed by atoms with E-state index in [9.17, 15) is 0 Å². The van der Waals surface area contributed by atoms with Gasteiger partial charge in [-0.15, -0.1) is 0 Å². The lowest BCUT2D eigenvalue weighted by Crippen LogP contribution is -2.45. The van der Waals surface area contributed by atoms with Crippen LogP contribution in [-0.4, -0.2) is 48.6 Å². The van der Waals surface area contributed by atoms with Crippen molar-refractivity contribution in [1.82, 2.24) is 20.5 Å². The number of guanidine groups is 1. The van der Waals surface area contributed by atoms with Gasteiger partial charge in [0.1, 0.15) is 6.26 Å². The van der Waals surface area contributed by atoms with Crippen LogP contribution in [0.4, 0.5) is 0 Å². The van der Waals surface area contributed by atoms with E-state index in [2.05, 4.69) is 51.5 Å². The number of aromatic nitrogens is 1. The van der Waals surface area contributed by atoms with Crippen molar-refractivity contribution < 1.29 is 4.42 Å². The van der Waals surface area contributed by atoms with Gasteiger partial charge in [0, 0.05) is 31.7 Å². The number of rotatable bonds is 7. The summed E-state index contributed by atoms with van der Waals surface area (Å²) in [5.74, 6) is 1.44. The highest BCUT2D eigenvalue weighted by Crippen LogP contribution is 2.19. The lowest BCUT2D eigenvalue weighted by molar-refractivity contribution is 0.147. The summed E-state index contributed by atoms with van der Waals surface area (Å²) in [4.78, 5) is 11.5. The highest BCUT2D eigenvalue weighted by atomic mass is 16.3. The zero-order valence-corrected chi connectivity index (χ0v) is 17.4. The van der Waals surface area contributed by atoms with E-state index >= 15 is 0 Å². The zero-order chi connectivity index (χ0) is 19.8. The molecule has 0 amide bonds. The molecule has 1 unspecified atom stereocenters. The molecule has 0 spiro atoms. The molecule has 6 nitrogen and oxygen atoms in total. The van der Waals surface area contributed by atoms with Gasteiger partial charge in [0.25, 0.3) is 0 Å². The van der Waals surface area contributed by atoms with E-state index in [0.717, 1.165) is 36.3 Å². The molecule has 0 saturated carbocycles. The van der Waals surface area contributed by atoms with Gasteiger partial charge in [-0.25, -0.2) is 4.98 Å². The van der Waals surface area contributed by atoms with E-state index in [-0.39, 0.29) is 0 Å². The summed E-state index contributed by atoms with van der Waals surface area (Å²) >= 11 is 0. The Morgan fingerprint density at radius 1 is 1.25 bits per heavy atom. The second-order valence-electron chi connectivity index (χ2n) is 7.46. The van der Waals surface area contributed by atoms with Gasteiger partial charge in [0.05, 0.1) is 12.2 Å². The minimum Gasteiger partial charge on any atom is -0.444 e. The largest absolute Gasteiger partial charge is 0.444 e. The lowest BCUT2D eigenvalue weighted by Gasteiger charge is -2.35. The third-order valence-electron chi connectivity index (χ3n) is 5.42. The van der Waals surface area contributed by atoms with E-state index in [1.54, 1.807) is 13.3 Å². The summed E-state index contributed by atoms with van der Waals surface area (Å²) in [6.07, 6.45) is 6.96. The molecule has 2 heterocycles. The molecule has 0 radical (unpaired) electrons. The Bertz CT molecular complexity index is 753. The first-order valence-electron chi connectivity index (χ1n) is 10.4. The number of benzene rings is 1. The Kier molecular flexibility index (Phi) is 7.48. The fourth-order valence-corrected chi connectivity index (χ4v) is 3.75. The number of hydrogen-bond donors (Lipinski definition) is 2. The second-order valence-corrected chi connectivity index (χ2v) is 7.46. The lowest BCUT2D eigenvalue weighted by atomic mass is 10.0. The number of likely N-dealkylation sites (tertiary alicyclic amines) is 1. The third-order valence-corrected chi connectivity index (χ3v) is 5.42. The second kappa shape index (κ2) is 10.3. The standard InChI is InChI=1S/C22H33N5O/c1-4-20-7-5-6-13-27(20)14-12-24-22(23-3)25-15-19-16-28-21(26-19)18-10-8-17(2)9-11-18/h8-11,16,20H,4-7,12-15H2,1-3H3,(H2,23,24,25). The topological polar surface area (TPSA) is 65.7 Å². The molecule has 2 aromatic rings. The predicted octanol–water partition coefficient (Wildman–Crippen LogP) is 3.58. The SMILES string of the molecule is CCC1CCCCN1CCNC(=NC)NCc1coc(-c2ccc(C)cc2)n1. The van der Waals surface area contributed by atoms with Crippen molar-refractivity contribution in [2.75, 3.05) is 26.7 Å². The summed E-state index contributed by atoms with van der Waals surface area (Å²) in [6.45, 7) is 8.11. The first-order valence-corrected chi connectivity index (χ1v) is 10.4. The Balaban J connectivity index is 1.45. The van der Waals surface area contributed by atoms with Crippen molar-refractivity contribution in [2.24, 2.45) is 4.99 Å². The molecule has 2 N–H and O–H groups in total. The third kappa shape index (κ3) is 5.58. The van der Waals surface area contributed by atoms with E-state index in [4.69, 9.17) is 4.42 Å². The van der Waals surface area contributed by atoms with Crippen LogP contribution >= 0.6 is 0 Å². The fourth-order valence-electron chi connectivity index (χ4n) is 3.75. The maximum Gasteiger partial charge on any atom is 0.226 e. The van der Waals surface area contributed by atoms with Crippen LogP contribution in [0.15, 0.2) is 39.9 Å². The number of nitrogens with one attached hydrogen (secondary N) is 2. The van der Waals surface area contributed by atoms with Crippen molar-refractivity contribution >= 4 is 5.96 Å². The van der Waals surface area contributed by atoms with E-state index in [0.29, 0.717) is 12.4 Å². The number of aryl methyl sites for hydroxylation is 1. The number of nitrogens with zero attached hydrogens (tertiary/aromatic N) is 3. The molecular weight excluding hydrogens is 350 g/mol. The Morgan fingerprint density at radius 3 is 2.82 bits per heavy atom. The molecule has 1 aromatic carbocycles. The Labute approximate surface area is 168 Å². The smallest absolute Gasteiger partial charge is 0.226 e. The number of piperidine rings is 1. The quantitative estimate of drug-likeness (QED) is 0.565. The molecular formula is C22H33N5O. The van der Waals surface area contributed by atoms with Crippen LogP contribution in [0.5, 0.6) is 0 Å². The maximum atomic E-state index is 5.62. The van der Waals surface area contributed by atoms with Crippen molar-refractivity contribution in [3.63, 3.8) is 0 Å². The predicted molar refractivity (Wildman–Crippen MR) is 114 cm³/mol. The van der Waals surface area contributed by atoms with E-state index < -0.39 is 0 Å². The molecule has 3 rings (SSSR count). The number of hydrogen-bond acceptors (Lipinski definition) is 4. The molecule has 1 aromatic heterocycles. The minimum absolute atomic E-state index is 0.580. The van der Waals surface area contributed by atoms with Gasteiger partial charge < -0.3 is 15.1 Å². The average molecular weight is 384 g/mol. The molecule has 1 fully saturated rings. The van der Waals surface area contributed by atoms with Crippen molar-refractivity contribution in [1.29, 1.82) is 0 Å². The van der Waals surface area contributed by atoms with Crippen LogP contribution in [0, 0.1) is 6.92 Å². The normalized spacial score (nSPS) is 18.2. The first-order chi connectivity index (χ1) is 13.7. The summed E-state index contributed by atoms with van der Waals surface area (Å²) < 4.78 is 5.62. The van der Waals surface area contributed by atoms with E-state index in [1.807, 2.05) is 12.1 Å². The fraction of sp³-hybridized carbons (Fsp3) is 0.545. The summed E-state index contributed by atoms with van der Waals surface area (Å²) in [6, 6.07) is 8.93. The molecule has 1 atom stereocenters. The highest BCUT2D eigenvalue weighted by molar-refractivity contribution is 5.79. The van der Waals surface area contributed by atoms with Gasteiger partial charge in [-0.05, 0) is 44.9 Å². The molecule has 1 saturated heterocycles. The van der Waals surface area contributed by atoms with Crippen LogP contribution in [0.2, 0.25) is 0 Å². The van der Waals surface area contributed by atoms with Crippen LogP contribution in [0.1, 0.15) is 43.9 Å². The van der Waals surface area contributed by atoms with E-state index in [1.165, 1.54) is 37.8 Å². The van der Waals surface area contributed by atoms with Crippen LogP contribution in [0.25, 0.3) is 11.5 Å². The van der Waals surface area contributed by atoms with Gasteiger partial charge in [-0.1, -0.05) is 31.0 Å². The summed E-state index contributed by atoms with van der Waals surface area (Å²) in [5, 5.41) is 6.74. The summed E-state index contributed by atoms with van der Waals surface area (Å²) in [7, 11) is 1.80. The number of oxazole rings is 1. The van der Waals surface area contributed by atoms with Crippen LogP contribution < -0.4 is 10.6 Å². The van der Waals surface area contributed by atoms with Crippen LogP contribution in [0.3, 0.4) is 0 Å². The Morgan fingerprint density at radius 2 is 2.07 bits per heavy atom. The molecule has 0 bridgehead atoms. The van der Waals surface area contributed by atoms with Crippen molar-refractivity contribution in [3.8, 4) is 11.5 Å². The van der Waals surface area contributed by atoms with Gasteiger partial charge in [0.2, 0.25) is 5.89 Å². The molecule has 28 heavy (non-hydrogen) atoms. The van der Waals surface area contributed by atoms with Gasteiger partial charge >= 0.3 is 0 Å². The van der Waals surface area contributed by atoms with Gasteiger partial charge in [0.15, 0.2) is 5.96 Å². The summed E-state index contributed by atoms with van der Waals surface area (Å²) in [5.41, 5.74) is 3.08. The molecule has 6 heteroatoms.